The molecule has 2 aliphatic heterocycles. The van der Waals surface area contributed by atoms with Crippen molar-refractivity contribution in [2.75, 3.05) is 19.6 Å². The third-order valence-electron chi connectivity index (χ3n) is 13.4. The number of piperidine rings is 1. The molecular weight excluding hydrogens is 955 g/mol. The molecule has 0 spiro atoms. The van der Waals surface area contributed by atoms with E-state index in [1.165, 1.54) is 13.0 Å². The molecule has 1 saturated carbocycles. The maximum atomic E-state index is 14.6. The van der Waals surface area contributed by atoms with Gasteiger partial charge < -0.3 is 42.2 Å². The number of fused-ring (bicyclic) bond motifs is 2. The summed E-state index contributed by atoms with van der Waals surface area (Å²) in [6, 6.07) is 13.1. The van der Waals surface area contributed by atoms with Gasteiger partial charge in [0.1, 0.15) is 29.9 Å². The van der Waals surface area contributed by atoms with Crippen LogP contribution in [0.1, 0.15) is 102 Å². The zero-order valence-electron chi connectivity index (χ0n) is 42.2. The first-order chi connectivity index (χ1) is 35.1. The normalized spacial score (nSPS) is 19.7. The lowest BCUT2D eigenvalue weighted by molar-refractivity contribution is -0.155. The number of hydrogen-bond acceptors (Lipinski definition) is 13. The summed E-state index contributed by atoms with van der Waals surface area (Å²) in [6.07, 6.45) is 3.36. The number of hydrogen-bond donors (Lipinski definition) is 7. The summed E-state index contributed by atoms with van der Waals surface area (Å²) in [6.45, 7) is 6.91. The van der Waals surface area contributed by atoms with Crippen LogP contribution in [0.4, 0.5) is 0 Å². The van der Waals surface area contributed by atoms with Crippen LogP contribution in [0.3, 0.4) is 0 Å². The Morgan fingerprint density at radius 1 is 0.811 bits per heavy atom. The van der Waals surface area contributed by atoms with Crippen LogP contribution in [0.5, 0.6) is 0 Å². The molecule has 396 valence electrons. The number of pyridine rings is 1. The van der Waals surface area contributed by atoms with Crippen LogP contribution < -0.4 is 32.3 Å². The van der Waals surface area contributed by atoms with Crippen molar-refractivity contribution in [1.29, 1.82) is 0 Å². The lowest BCUT2D eigenvalue weighted by Gasteiger charge is -2.47. The minimum absolute atomic E-state index is 0.0287. The average molecular weight is 1020 g/mol. The minimum Gasteiger partial charge on any atom is -0.480 e. The summed E-state index contributed by atoms with van der Waals surface area (Å²) in [5, 5.41) is 23.8. The van der Waals surface area contributed by atoms with E-state index in [1.807, 2.05) is 37.8 Å². The number of carboxylic acids is 1. The van der Waals surface area contributed by atoms with E-state index in [1.54, 1.807) is 48.5 Å². The van der Waals surface area contributed by atoms with Gasteiger partial charge in [0, 0.05) is 55.6 Å². The molecule has 3 aliphatic rings. The second-order valence-electron chi connectivity index (χ2n) is 20.3. The quantitative estimate of drug-likeness (QED) is 0.0527. The van der Waals surface area contributed by atoms with Gasteiger partial charge in [-0.25, -0.2) is 4.98 Å². The Kier molecular flexibility index (Phi) is 19.1. The molecular formula is C53H67N9O12. The van der Waals surface area contributed by atoms with E-state index in [2.05, 4.69) is 31.6 Å². The van der Waals surface area contributed by atoms with Gasteiger partial charge in [0.05, 0.1) is 24.0 Å². The van der Waals surface area contributed by atoms with Crippen molar-refractivity contribution in [2.24, 2.45) is 17.6 Å². The van der Waals surface area contributed by atoms with Gasteiger partial charge in [-0.2, -0.15) is 0 Å². The number of carbonyl (C=O) groups excluding carboxylic acids is 9. The molecule has 21 nitrogen and oxygen atoms in total. The summed E-state index contributed by atoms with van der Waals surface area (Å²) in [7, 11) is 0. The summed E-state index contributed by atoms with van der Waals surface area (Å²) < 4.78 is 6.36. The van der Waals surface area contributed by atoms with Crippen LogP contribution in [0.25, 0.3) is 10.9 Å². The standard InChI is InChI=1S/C53H67N9O12/c1-31(52(72)73)55-48(68)38(57-44(64)24-25-62-45(65)21-22-46(62)66)20-23-47(67)74-42(30-61-29-35-16-9-8-15-34(35)27-41(61)51(71)60-53(2,3)4)39(26-32-12-6-5-7-13-32)58-50(70)40(28-43(54)63)59-49(69)37-19-18-33-14-10-11-17-36(33)56-37/h5-7,10-14,17-19,21-22,31,34-35,38-42H,8-9,15-16,20,23-30H2,1-4H3,(H2,54,63)(H,55,68)(H,57,64)(H,58,70)(H,59,69)(H,60,71)(H,72,73)/t31-,34-,35+,38-,39-,40-,41-,42+/m0/s1. The Labute approximate surface area is 429 Å². The third-order valence-corrected chi connectivity index (χ3v) is 13.4. The number of nitrogens with one attached hydrogen (secondary N) is 5. The van der Waals surface area contributed by atoms with Gasteiger partial charge in [-0.15, -0.1) is 0 Å². The molecule has 3 aromatic rings. The van der Waals surface area contributed by atoms with E-state index >= 15 is 0 Å². The summed E-state index contributed by atoms with van der Waals surface area (Å²) >= 11 is 0. The number of ether oxygens (including phenoxy) is 1. The Morgan fingerprint density at radius 3 is 2.15 bits per heavy atom. The Balaban J connectivity index is 1.31. The van der Waals surface area contributed by atoms with E-state index in [9.17, 15) is 53.1 Å². The smallest absolute Gasteiger partial charge is 0.325 e. The van der Waals surface area contributed by atoms with Crippen LogP contribution in [0.15, 0.2) is 78.9 Å². The number of esters is 1. The maximum absolute atomic E-state index is 14.6. The topological polar surface area (TPSA) is 306 Å². The molecule has 74 heavy (non-hydrogen) atoms. The van der Waals surface area contributed by atoms with Gasteiger partial charge in [-0.3, -0.25) is 57.7 Å². The molecule has 1 aliphatic carbocycles. The van der Waals surface area contributed by atoms with Crippen molar-refractivity contribution in [3.8, 4) is 0 Å². The highest BCUT2D eigenvalue weighted by Crippen LogP contribution is 2.39. The van der Waals surface area contributed by atoms with E-state index in [0.717, 1.165) is 48.1 Å². The number of imide groups is 1. The molecule has 21 heteroatoms. The number of nitrogens with zero attached hydrogens (tertiary/aromatic N) is 3. The van der Waals surface area contributed by atoms with Gasteiger partial charge in [-0.05, 0) is 82.9 Å². The Hall–Kier alpha value is -7.55. The van der Waals surface area contributed by atoms with E-state index in [-0.39, 0.29) is 42.9 Å². The van der Waals surface area contributed by atoms with Crippen LogP contribution in [-0.2, 0) is 54.3 Å². The summed E-state index contributed by atoms with van der Waals surface area (Å²) in [4.78, 5) is 139. The van der Waals surface area contributed by atoms with E-state index < -0.39 is 121 Å². The number of aliphatic carboxylic acids is 1. The number of carboxylic acid groups (broad SMARTS) is 1. The molecule has 0 radical (unpaired) electrons. The van der Waals surface area contributed by atoms with Crippen molar-refractivity contribution in [1.82, 2.24) is 41.4 Å². The maximum Gasteiger partial charge on any atom is 0.325 e. The highest BCUT2D eigenvalue weighted by molar-refractivity contribution is 6.13. The fraction of sp³-hybridized carbons (Fsp3) is 0.491. The first-order valence-electron chi connectivity index (χ1n) is 25.0. The van der Waals surface area contributed by atoms with Crippen LogP contribution >= 0.6 is 0 Å². The molecule has 1 saturated heterocycles. The molecule has 0 bridgehead atoms. The van der Waals surface area contributed by atoms with Crippen molar-refractivity contribution < 1.29 is 57.8 Å². The number of rotatable bonds is 23. The fourth-order valence-corrected chi connectivity index (χ4v) is 9.63. The lowest BCUT2D eigenvalue weighted by atomic mass is 9.72. The molecule has 0 unspecified atom stereocenters. The fourth-order valence-electron chi connectivity index (χ4n) is 9.63. The molecule has 8 N–H and O–H groups in total. The zero-order chi connectivity index (χ0) is 53.7. The monoisotopic (exact) mass is 1020 g/mol. The van der Waals surface area contributed by atoms with Gasteiger partial charge in [0.25, 0.3) is 17.7 Å². The third kappa shape index (κ3) is 16.0. The SMILES string of the molecule is C[C@H](NC(=O)[C@H](CCC(=O)O[C@H](CN1C[C@H]2CCCC[C@H]2C[C@H]1C(=O)NC(C)(C)C)[C@H](Cc1ccccc1)NC(=O)[C@H](CC(N)=O)NC(=O)c1ccc2ccccc2n1)NC(=O)CCN1C(=O)C=CC1=O)C(=O)O. The lowest BCUT2D eigenvalue weighted by Crippen LogP contribution is -2.61. The number of aromatic nitrogens is 1. The molecule has 6 rings (SSSR count). The number of benzene rings is 2. The number of primary amides is 1. The highest BCUT2D eigenvalue weighted by Gasteiger charge is 2.43. The summed E-state index contributed by atoms with van der Waals surface area (Å²) in [5.74, 6) is -7.48. The molecule has 3 heterocycles. The minimum atomic E-state index is -1.53. The largest absolute Gasteiger partial charge is 0.480 e. The predicted molar refractivity (Wildman–Crippen MR) is 269 cm³/mol. The number of carbonyl (C=O) groups is 10. The van der Waals surface area contributed by atoms with Gasteiger partial charge in [0.2, 0.25) is 29.5 Å². The molecule has 2 fully saturated rings. The molecule has 8 amide bonds. The number of amides is 8. The van der Waals surface area contributed by atoms with Crippen molar-refractivity contribution in [3.63, 3.8) is 0 Å². The first-order valence-corrected chi connectivity index (χ1v) is 25.0. The van der Waals surface area contributed by atoms with E-state index in [0.29, 0.717) is 24.0 Å². The van der Waals surface area contributed by atoms with Crippen molar-refractivity contribution in [3.05, 3.63) is 90.1 Å². The number of nitrogens with two attached hydrogens (primary N) is 1. The second-order valence-corrected chi connectivity index (χ2v) is 20.3. The number of likely N-dealkylation sites (tertiary alicyclic amines) is 1. The van der Waals surface area contributed by atoms with Crippen LogP contribution in [0, 0.1) is 11.8 Å². The molecule has 2 aromatic carbocycles. The predicted octanol–water partition coefficient (Wildman–Crippen LogP) is 1.81. The van der Waals surface area contributed by atoms with Crippen molar-refractivity contribution >= 4 is 70.1 Å². The summed E-state index contributed by atoms with van der Waals surface area (Å²) in [5.41, 5.74) is 6.25. The van der Waals surface area contributed by atoms with Gasteiger partial charge >= 0.3 is 11.9 Å². The van der Waals surface area contributed by atoms with Gasteiger partial charge in [-0.1, -0.05) is 73.9 Å². The average Bonchev–Trinajstić information content (AvgIpc) is 3.68. The number of para-hydroxylation sites is 1. The van der Waals surface area contributed by atoms with Gasteiger partial charge in [0.15, 0.2) is 0 Å². The van der Waals surface area contributed by atoms with E-state index in [4.69, 9.17) is 10.5 Å². The van der Waals surface area contributed by atoms with Crippen LogP contribution in [0.2, 0.25) is 0 Å². The molecule has 1 aromatic heterocycles. The highest BCUT2D eigenvalue weighted by atomic mass is 16.5. The Morgan fingerprint density at radius 2 is 1.47 bits per heavy atom. The van der Waals surface area contributed by atoms with Crippen molar-refractivity contribution in [2.45, 2.75) is 134 Å². The first kappa shape index (κ1) is 55.8. The van der Waals surface area contributed by atoms with Crippen LogP contribution in [-0.4, -0.2) is 141 Å². The Bertz CT molecular complexity index is 2600. The second kappa shape index (κ2) is 25.4. The zero-order valence-corrected chi connectivity index (χ0v) is 42.2. The molecule has 8 atom stereocenters.